The topological polar surface area (TPSA) is 29.3 Å². The van der Waals surface area contributed by atoms with Gasteiger partial charge in [-0.25, -0.2) is 0 Å². The van der Waals surface area contributed by atoms with E-state index in [2.05, 4.69) is 40.4 Å². The fraction of sp³-hybridized carbons (Fsp3) is 0.211. The van der Waals surface area contributed by atoms with Crippen LogP contribution in [0.3, 0.4) is 0 Å². The van der Waals surface area contributed by atoms with Crippen LogP contribution in [0.15, 0.2) is 64.7 Å². The summed E-state index contributed by atoms with van der Waals surface area (Å²) in [5.41, 5.74) is 2.45. The Bertz CT molecular complexity index is 732. The molecule has 0 atom stereocenters. The molecule has 0 unspecified atom stereocenters. The third-order valence-electron chi connectivity index (χ3n) is 3.64. The van der Waals surface area contributed by atoms with E-state index in [-0.39, 0.29) is 0 Å². The van der Waals surface area contributed by atoms with Gasteiger partial charge in [0.1, 0.15) is 5.76 Å². The van der Waals surface area contributed by atoms with E-state index in [9.17, 15) is 0 Å². The molecule has 0 aliphatic carbocycles. The molecular formula is C19H20N2OS. The molecule has 0 spiro atoms. The van der Waals surface area contributed by atoms with Gasteiger partial charge in [0, 0.05) is 30.7 Å². The lowest BCUT2D eigenvalue weighted by atomic mass is 10.2. The Kier molecular flexibility index (Phi) is 5.40. The van der Waals surface area contributed by atoms with E-state index in [0.29, 0.717) is 0 Å². The largest absolute Gasteiger partial charge is 0.465 e. The number of aromatic nitrogens is 1. The number of nitrogens with zero attached hydrogens (tertiary/aromatic N) is 2. The average molecular weight is 324 g/mol. The van der Waals surface area contributed by atoms with E-state index in [1.807, 2.05) is 47.9 Å². The number of hydrogen-bond donors (Lipinski definition) is 0. The Morgan fingerprint density at radius 3 is 2.83 bits per heavy atom. The van der Waals surface area contributed by atoms with Crippen LogP contribution in [0.2, 0.25) is 0 Å². The number of thiophene rings is 1. The van der Waals surface area contributed by atoms with Crippen LogP contribution in [0.25, 0.3) is 6.08 Å². The summed E-state index contributed by atoms with van der Waals surface area (Å²) in [5.74, 6) is 0.884. The van der Waals surface area contributed by atoms with Crippen molar-refractivity contribution in [1.82, 2.24) is 9.88 Å². The Morgan fingerprint density at radius 2 is 2.13 bits per heavy atom. The summed E-state index contributed by atoms with van der Waals surface area (Å²) in [6.07, 6.45) is 7.71. The highest BCUT2D eigenvalue weighted by molar-refractivity contribution is 7.10. The minimum atomic E-state index is 0.834. The minimum absolute atomic E-state index is 0.834. The molecule has 0 fully saturated rings. The second-order valence-corrected chi connectivity index (χ2v) is 6.44. The standard InChI is InChI=1S/C19H20N2OS/c1-16-9-13-23-19(16)15-21(14-17-6-2-3-10-20-17)11-4-7-18-8-5-12-22-18/h2-10,12-13H,11,14-15H2,1H3. The summed E-state index contributed by atoms with van der Waals surface area (Å²) < 4.78 is 5.34. The SMILES string of the molecule is Cc1ccsc1CN(CC=Cc1ccco1)Cc1ccccn1. The first-order chi connectivity index (χ1) is 11.3. The normalized spacial score (nSPS) is 11.6. The molecule has 0 amide bonds. The molecule has 118 valence electrons. The van der Waals surface area contributed by atoms with Crippen LogP contribution in [0, 0.1) is 6.92 Å². The molecule has 0 saturated heterocycles. The molecule has 0 N–H and O–H groups in total. The fourth-order valence-electron chi connectivity index (χ4n) is 2.38. The first-order valence-electron chi connectivity index (χ1n) is 7.66. The molecule has 3 aromatic heterocycles. The lowest BCUT2D eigenvalue weighted by Crippen LogP contribution is -2.23. The van der Waals surface area contributed by atoms with Crippen molar-refractivity contribution < 1.29 is 4.42 Å². The van der Waals surface area contributed by atoms with Gasteiger partial charge in [0.15, 0.2) is 0 Å². The highest BCUT2D eigenvalue weighted by Crippen LogP contribution is 2.19. The van der Waals surface area contributed by atoms with E-state index >= 15 is 0 Å². The molecule has 3 rings (SSSR count). The molecule has 0 radical (unpaired) electrons. The predicted octanol–water partition coefficient (Wildman–Crippen LogP) is 4.76. The van der Waals surface area contributed by atoms with Gasteiger partial charge in [0.25, 0.3) is 0 Å². The Labute approximate surface area is 140 Å². The molecule has 3 nitrogen and oxygen atoms in total. The summed E-state index contributed by atoms with van der Waals surface area (Å²) in [7, 11) is 0. The molecule has 23 heavy (non-hydrogen) atoms. The van der Waals surface area contributed by atoms with Gasteiger partial charge < -0.3 is 4.42 Å². The summed E-state index contributed by atoms with van der Waals surface area (Å²) in [5, 5.41) is 2.16. The summed E-state index contributed by atoms with van der Waals surface area (Å²) in [4.78, 5) is 8.25. The number of aryl methyl sites for hydroxylation is 1. The number of pyridine rings is 1. The molecular weight excluding hydrogens is 304 g/mol. The molecule has 3 heterocycles. The summed E-state index contributed by atoms with van der Waals surface area (Å²) in [6, 6.07) is 12.1. The molecule has 0 aliphatic rings. The van der Waals surface area contributed by atoms with Crippen molar-refractivity contribution in [3.05, 3.63) is 82.2 Å². The van der Waals surface area contributed by atoms with Gasteiger partial charge >= 0.3 is 0 Å². The highest BCUT2D eigenvalue weighted by Gasteiger charge is 2.09. The summed E-state index contributed by atoms with van der Waals surface area (Å²) >= 11 is 1.81. The van der Waals surface area contributed by atoms with E-state index in [4.69, 9.17) is 4.42 Å². The van der Waals surface area contributed by atoms with Gasteiger partial charge in [-0.2, -0.15) is 0 Å². The number of hydrogen-bond acceptors (Lipinski definition) is 4. The zero-order valence-electron chi connectivity index (χ0n) is 13.2. The molecule has 4 heteroatoms. The van der Waals surface area contributed by atoms with Crippen LogP contribution in [-0.4, -0.2) is 16.4 Å². The molecule has 0 bridgehead atoms. The van der Waals surface area contributed by atoms with Crippen molar-refractivity contribution in [1.29, 1.82) is 0 Å². The first-order valence-corrected chi connectivity index (χ1v) is 8.54. The average Bonchev–Trinajstić information content (AvgIpc) is 3.21. The first kappa shape index (κ1) is 15.7. The van der Waals surface area contributed by atoms with Crippen molar-refractivity contribution in [3.8, 4) is 0 Å². The van der Waals surface area contributed by atoms with E-state index < -0.39 is 0 Å². The lowest BCUT2D eigenvalue weighted by Gasteiger charge is -2.20. The van der Waals surface area contributed by atoms with Gasteiger partial charge in [-0.1, -0.05) is 12.1 Å². The minimum Gasteiger partial charge on any atom is -0.465 e. The second-order valence-electron chi connectivity index (χ2n) is 5.44. The Hall–Kier alpha value is -2.17. The van der Waals surface area contributed by atoms with Crippen LogP contribution in [0.4, 0.5) is 0 Å². The van der Waals surface area contributed by atoms with Crippen LogP contribution >= 0.6 is 11.3 Å². The lowest BCUT2D eigenvalue weighted by molar-refractivity contribution is 0.285. The smallest absolute Gasteiger partial charge is 0.126 e. The van der Waals surface area contributed by atoms with Crippen molar-refractivity contribution in [3.63, 3.8) is 0 Å². The van der Waals surface area contributed by atoms with Crippen LogP contribution in [0.5, 0.6) is 0 Å². The number of rotatable bonds is 7. The zero-order chi connectivity index (χ0) is 15.9. The third kappa shape index (κ3) is 4.65. The van der Waals surface area contributed by atoms with Crippen molar-refractivity contribution in [2.45, 2.75) is 20.0 Å². The van der Waals surface area contributed by atoms with Gasteiger partial charge in [0.05, 0.1) is 12.0 Å². The monoisotopic (exact) mass is 324 g/mol. The van der Waals surface area contributed by atoms with Gasteiger partial charge in [-0.15, -0.1) is 11.3 Å². The van der Waals surface area contributed by atoms with Crippen LogP contribution in [-0.2, 0) is 13.1 Å². The van der Waals surface area contributed by atoms with Crippen molar-refractivity contribution in [2.75, 3.05) is 6.54 Å². The Morgan fingerprint density at radius 1 is 1.17 bits per heavy atom. The molecule has 0 aliphatic heterocycles. The van der Waals surface area contributed by atoms with Crippen LogP contribution in [0.1, 0.15) is 21.9 Å². The van der Waals surface area contributed by atoms with Crippen molar-refractivity contribution >= 4 is 17.4 Å². The van der Waals surface area contributed by atoms with Crippen LogP contribution < -0.4 is 0 Å². The highest BCUT2D eigenvalue weighted by atomic mass is 32.1. The maximum absolute atomic E-state index is 5.34. The fourth-order valence-corrected chi connectivity index (χ4v) is 3.33. The predicted molar refractivity (Wildman–Crippen MR) is 95.1 cm³/mol. The zero-order valence-corrected chi connectivity index (χ0v) is 14.0. The number of furan rings is 1. The molecule has 3 aromatic rings. The second kappa shape index (κ2) is 7.90. The summed E-state index contributed by atoms with van der Waals surface area (Å²) in [6.45, 7) is 4.79. The Balaban J connectivity index is 1.68. The van der Waals surface area contributed by atoms with Gasteiger partial charge in [-0.05, 0) is 54.3 Å². The maximum Gasteiger partial charge on any atom is 0.126 e. The maximum atomic E-state index is 5.34. The van der Waals surface area contributed by atoms with Gasteiger partial charge in [0.2, 0.25) is 0 Å². The van der Waals surface area contributed by atoms with Crippen molar-refractivity contribution in [2.24, 2.45) is 0 Å². The third-order valence-corrected chi connectivity index (χ3v) is 4.64. The quantitative estimate of drug-likeness (QED) is 0.627. The van der Waals surface area contributed by atoms with E-state index in [1.54, 1.807) is 6.26 Å². The van der Waals surface area contributed by atoms with Gasteiger partial charge in [-0.3, -0.25) is 9.88 Å². The van der Waals surface area contributed by atoms with E-state index in [0.717, 1.165) is 31.1 Å². The molecule has 0 aromatic carbocycles. The van der Waals surface area contributed by atoms with E-state index in [1.165, 1.54) is 10.4 Å². The molecule has 0 saturated carbocycles.